The fourth-order valence-electron chi connectivity index (χ4n) is 3.52. The predicted octanol–water partition coefficient (Wildman–Crippen LogP) is 4.56. The van der Waals surface area contributed by atoms with Crippen molar-refractivity contribution >= 4 is 14.3 Å². The van der Waals surface area contributed by atoms with Gasteiger partial charge in [0.2, 0.25) is 0 Å². The van der Waals surface area contributed by atoms with Gasteiger partial charge in [0.15, 0.2) is 0 Å². The van der Waals surface area contributed by atoms with E-state index in [-0.39, 0.29) is 5.43 Å². The van der Waals surface area contributed by atoms with E-state index in [4.69, 9.17) is 0 Å². The molecule has 0 fully saturated rings. The van der Waals surface area contributed by atoms with Crippen LogP contribution in [0.2, 0.25) is 13.1 Å². The first-order valence-electron chi connectivity index (χ1n) is 7.91. The molecule has 4 rings (SSSR count). The van der Waals surface area contributed by atoms with Gasteiger partial charge in [0.1, 0.15) is 0 Å². The molecule has 22 heavy (non-hydrogen) atoms. The molecule has 0 spiro atoms. The van der Waals surface area contributed by atoms with Gasteiger partial charge in [0.05, 0.1) is 0 Å². The summed E-state index contributed by atoms with van der Waals surface area (Å²) < 4.78 is 1.80. The number of rotatable bonds is 2. The van der Waals surface area contributed by atoms with Crippen LogP contribution in [-0.2, 0) is 28.3 Å². The minimum absolute atomic E-state index is 0.123. The fraction of sp³-hybridized carbons (Fsp3) is 0.200. The van der Waals surface area contributed by atoms with Crippen molar-refractivity contribution in [1.82, 2.24) is 0 Å². The molecular formula is C20H19SiZr. The molecular weight excluding hydrogens is 360 g/mol. The van der Waals surface area contributed by atoms with Crippen LogP contribution < -0.4 is 3.27 Å². The molecule has 0 N–H and O–H groups in total. The van der Waals surface area contributed by atoms with Gasteiger partial charge in [-0.25, -0.2) is 0 Å². The summed E-state index contributed by atoms with van der Waals surface area (Å²) in [6.07, 6.45) is 9.11. The topological polar surface area (TPSA) is 0 Å². The monoisotopic (exact) mass is 377 g/mol. The van der Waals surface area contributed by atoms with E-state index in [2.05, 4.69) is 67.7 Å². The average molecular weight is 379 g/mol. The summed E-state index contributed by atoms with van der Waals surface area (Å²) in [5.41, 5.74) is 9.18. The summed E-state index contributed by atoms with van der Waals surface area (Å²) in [6, 6.07) is 13.8. The molecule has 0 radical (unpaired) electrons. The van der Waals surface area contributed by atoms with E-state index in [0.717, 1.165) is 12.8 Å². The molecule has 107 valence electrons. The summed E-state index contributed by atoms with van der Waals surface area (Å²) in [6.45, 7) is 5.01. The fourth-order valence-corrected chi connectivity index (χ4v) is 11.2. The summed E-state index contributed by atoms with van der Waals surface area (Å²) >= 11 is -0.459. The van der Waals surface area contributed by atoms with Crippen LogP contribution in [-0.4, -0.2) is 5.43 Å². The van der Waals surface area contributed by atoms with Crippen molar-refractivity contribution in [3.05, 3.63) is 71.3 Å². The second-order valence-electron chi connectivity index (χ2n) is 6.30. The van der Waals surface area contributed by atoms with Gasteiger partial charge < -0.3 is 0 Å². The number of fused-ring (bicyclic) bond motifs is 3. The molecule has 0 atom stereocenters. The Bertz CT molecular complexity index is 852. The minimum atomic E-state index is -0.459. The normalized spacial score (nSPS) is 14.4. The second kappa shape index (κ2) is 5.91. The molecule has 0 aromatic heterocycles. The first kappa shape index (κ1) is 14.6. The molecule has 2 aliphatic carbocycles. The van der Waals surface area contributed by atoms with Crippen LogP contribution in [0.25, 0.3) is 16.7 Å². The van der Waals surface area contributed by atoms with Gasteiger partial charge >= 0.3 is 145 Å². The Kier molecular flexibility index (Phi) is 3.92. The van der Waals surface area contributed by atoms with Crippen LogP contribution >= 0.6 is 0 Å². The molecule has 0 saturated carbocycles. The molecule has 0 aliphatic heterocycles. The van der Waals surface area contributed by atoms with E-state index in [1.807, 2.05) is 0 Å². The van der Waals surface area contributed by atoms with Gasteiger partial charge in [-0.1, -0.05) is 0 Å². The van der Waals surface area contributed by atoms with Crippen molar-refractivity contribution in [3.8, 4) is 11.1 Å². The number of hydrogen-bond donors (Lipinski definition) is 0. The summed E-state index contributed by atoms with van der Waals surface area (Å²) in [5, 5.41) is 0. The number of benzene rings is 2. The zero-order valence-corrected chi connectivity index (χ0v) is 16.6. The third-order valence-corrected chi connectivity index (χ3v) is 12.2. The van der Waals surface area contributed by atoms with E-state index in [0.29, 0.717) is 0 Å². The number of hydrogen-bond acceptors (Lipinski definition) is 0. The summed E-state index contributed by atoms with van der Waals surface area (Å²) in [5.74, 6) is 0. The van der Waals surface area contributed by atoms with Gasteiger partial charge in [-0.15, -0.1) is 0 Å². The van der Waals surface area contributed by atoms with Crippen LogP contribution in [0.3, 0.4) is 0 Å². The van der Waals surface area contributed by atoms with Crippen LogP contribution in [0.15, 0.2) is 54.6 Å². The molecule has 0 nitrogen and oxygen atoms in total. The third-order valence-electron chi connectivity index (χ3n) is 4.48. The first-order valence-corrected chi connectivity index (χ1v) is 15.3. The van der Waals surface area contributed by atoms with Crippen molar-refractivity contribution < 1.29 is 21.9 Å². The van der Waals surface area contributed by atoms with Crippen LogP contribution in [0.4, 0.5) is 0 Å². The maximum atomic E-state index is 2.50. The quantitative estimate of drug-likeness (QED) is 0.574. The van der Waals surface area contributed by atoms with Crippen LogP contribution in [0.1, 0.15) is 23.1 Å². The maximum absolute atomic E-state index is 2.50. The van der Waals surface area contributed by atoms with Crippen molar-refractivity contribution in [3.63, 3.8) is 0 Å². The van der Waals surface area contributed by atoms with E-state index in [1.165, 1.54) is 22.3 Å². The van der Waals surface area contributed by atoms with Gasteiger partial charge in [0, 0.05) is 0 Å². The average Bonchev–Trinajstić information content (AvgIpc) is 3.14. The van der Waals surface area contributed by atoms with Crippen LogP contribution in [0, 0.1) is 0 Å². The molecule has 0 unspecified atom stereocenters. The molecule has 2 aromatic carbocycles. The Morgan fingerprint density at radius 1 is 0.955 bits per heavy atom. The van der Waals surface area contributed by atoms with Gasteiger partial charge in [-0.3, -0.25) is 0 Å². The molecule has 2 aromatic rings. The summed E-state index contributed by atoms with van der Waals surface area (Å²) in [4.78, 5) is 0. The molecule has 0 heterocycles. The summed E-state index contributed by atoms with van der Waals surface area (Å²) in [7, 11) is 0. The van der Waals surface area contributed by atoms with Gasteiger partial charge in [-0.2, -0.15) is 0 Å². The predicted molar refractivity (Wildman–Crippen MR) is 93.5 cm³/mol. The van der Waals surface area contributed by atoms with Crippen LogP contribution in [0.5, 0.6) is 0 Å². The standard InChI is InChI=1S/C18H13.C2H6Si.Zr/c1-2-6-13(5-1)14-9-10-18-16(11-14)12-15-7-3-4-8-17(15)18;1-3-2;/h1-5,7-10H,6,12H2;1-2H3;. The Hall–Kier alpha value is -0.980. The van der Waals surface area contributed by atoms with Crippen molar-refractivity contribution in [2.45, 2.75) is 25.9 Å². The van der Waals surface area contributed by atoms with Gasteiger partial charge in [-0.05, 0) is 0 Å². The zero-order chi connectivity index (χ0) is 15.1. The van der Waals surface area contributed by atoms with E-state index >= 15 is 0 Å². The second-order valence-corrected chi connectivity index (χ2v) is 19.0. The van der Waals surface area contributed by atoms with Crippen molar-refractivity contribution in [1.29, 1.82) is 0 Å². The Morgan fingerprint density at radius 2 is 1.77 bits per heavy atom. The SMILES string of the molecule is C[Si](C)=[Zr][c]1c(C2=CC=CC2)ccc2c1Cc1ccccc1-2. The van der Waals surface area contributed by atoms with Crippen molar-refractivity contribution in [2.75, 3.05) is 0 Å². The molecule has 2 aliphatic rings. The van der Waals surface area contributed by atoms with E-state index < -0.39 is 21.9 Å². The Balaban J connectivity index is 1.95. The molecule has 0 saturated heterocycles. The van der Waals surface area contributed by atoms with Gasteiger partial charge in [0.25, 0.3) is 0 Å². The number of allylic oxidation sites excluding steroid dienone is 4. The molecule has 2 heteroatoms. The van der Waals surface area contributed by atoms with E-state index in [9.17, 15) is 0 Å². The Labute approximate surface area is 144 Å². The zero-order valence-electron chi connectivity index (χ0n) is 13.1. The van der Waals surface area contributed by atoms with Crippen molar-refractivity contribution in [2.24, 2.45) is 0 Å². The Morgan fingerprint density at radius 3 is 2.55 bits per heavy atom. The molecule has 0 bridgehead atoms. The molecule has 0 amide bonds. The van der Waals surface area contributed by atoms with E-state index in [1.54, 1.807) is 14.4 Å². The third kappa shape index (κ3) is 2.47. The first-order chi connectivity index (χ1) is 10.7.